The van der Waals surface area contributed by atoms with Crippen molar-refractivity contribution in [2.45, 2.75) is 11.3 Å². The normalized spacial score (nSPS) is 17.4. The molecule has 1 fully saturated rings. The molecular formula is C16H18N4O5S2. The summed E-state index contributed by atoms with van der Waals surface area (Å²) in [5.41, 5.74) is 2.50. The lowest BCUT2D eigenvalue weighted by molar-refractivity contribution is 0.0710. The zero-order chi connectivity index (χ0) is 19.0. The Labute approximate surface area is 160 Å². The molecular weight excluding hydrogens is 392 g/mol. The Morgan fingerprint density at radius 1 is 1.26 bits per heavy atom. The first-order valence-corrected chi connectivity index (χ1v) is 10.7. The van der Waals surface area contributed by atoms with Crippen LogP contribution in [0.25, 0.3) is 0 Å². The molecule has 0 radical (unpaired) electrons. The number of anilines is 1. The molecule has 0 spiro atoms. The first kappa shape index (κ1) is 18.2. The number of benzene rings is 1. The maximum Gasteiger partial charge on any atom is 0.286 e. The number of nitrogens with one attached hydrogen (secondary N) is 1. The lowest BCUT2D eigenvalue weighted by Gasteiger charge is -2.33. The number of carbonyl (C=O) groups excluding carboxylic acids is 1. The van der Waals surface area contributed by atoms with E-state index in [-0.39, 0.29) is 4.90 Å². The standard InChI is InChI=1S/C16H18N4O5S2/c21-15(18-22)14-10-17-16(26-14)19-4-6-20(7-5-19)27(23,24)12-1-2-13-11(9-12)3-8-25-13/h1-2,9-10,22H,3-8H2,(H,18,21). The van der Waals surface area contributed by atoms with Gasteiger partial charge < -0.3 is 9.64 Å². The number of piperazine rings is 1. The fourth-order valence-corrected chi connectivity index (χ4v) is 5.49. The summed E-state index contributed by atoms with van der Waals surface area (Å²) in [6.07, 6.45) is 2.11. The fraction of sp³-hybridized carbons (Fsp3) is 0.375. The molecule has 0 aliphatic carbocycles. The lowest BCUT2D eigenvalue weighted by atomic mass is 10.2. The zero-order valence-corrected chi connectivity index (χ0v) is 15.9. The van der Waals surface area contributed by atoms with Gasteiger partial charge in [-0.25, -0.2) is 18.9 Å². The van der Waals surface area contributed by atoms with Crippen LogP contribution in [-0.4, -0.2) is 61.6 Å². The number of aromatic nitrogens is 1. The maximum atomic E-state index is 12.9. The van der Waals surface area contributed by atoms with Gasteiger partial charge >= 0.3 is 0 Å². The number of fused-ring (bicyclic) bond motifs is 1. The minimum absolute atomic E-state index is 0.288. The third-order valence-corrected chi connectivity index (χ3v) is 7.58. The van der Waals surface area contributed by atoms with Gasteiger partial charge in [0.05, 0.1) is 17.7 Å². The van der Waals surface area contributed by atoms with E-state index in [2.05, 4.69) is 4.98 Å². The number of hydrogen-bond acceptors (Lipinski definition) is 8. The van der Waals surface area contributed by atoms with Crippen LogP contribution in [0.2, 0.25) is 0 Å². The van der Waals surface area contributed by atoms with E-state index in [0.29, 0.717) is 42.8 Å². The second-order valence-electron chi connectivity index (χ2n) is 6.21. The topological polar surface area (TPSA) is 112 Å². The van der Waals surface area contributed by atoms with Gasteiger partial charge in [0.15, 0.2) is 5.13 Å². The number of carbonyl (C=O) groups is 1. The van der Waals surface area contributed by atoms with Gasteiger partial charge in [-0.05, 0) is 23.8 Å². The molecule has 2 aliphatic heterocycles. The molecule has 3 heterocycles. The Morgan fingerprint density at radius 3 is 2.78 bits per heavy atom. The van der Waals surface area contributed by atoms with E-state index < -0.39 is 15.9 Å². The second kappa shape index (κ2) is 7.08. The van der Waals surface area contributed by atoms with Crippen molar-refractivity contribution in [3.05, 3.63) is 34.8 Å². The first-order chi connectivity index (χ1) is 13.0. The van der Waals surface area contributed by atoms with Crippen molar-refractivity contribution in [1.29, 1.82) is 0 Å². The zero-order valence-electron chi connectivity index (χ0n) is 14.3. The van der Waals surface area contributed by atoms with E-state index >= 15 is 0 Å². The van der Waals surface area contributed by atoms with Crippen molar-refractivity contribution in [1.82, 2.24) is 14.8 Å². The highest BCUT2D eigenvalue weighted by atomic mass is 32.2. The number of hydroxylamine groups is 1. The van der Waals surface area contributed by atoms with Crippen LogP contribution in [0.1, 0.15) is 15.2 Å². The van der Waals surface area contributed by atoms with Gasteiger partial charge in [0.1, 0.15) is 10.6 Å². The summed E-state index contributed by atoms with van der Waals surface area (Å²) in [7, 11) is -3.56. The third-order valence-electron chi connectivity index (χ3n) is 4.63. The molecule has 0 atom stereocenters. The van der Waals surface area contributed by atoms with Crippen LogP contribution in [0.15, 0.2) is 29.3 Å². The minimum Gasteiger partial charge on any atom is -0.493 e. The number of rotatable bonds is 4. The van der Waals surface area contributed by atoms with Crippen LogP contribution in [-0.2, 0) is 16.4 Å². The molecule has 0 bridgehead atoms. The summed E-state index contributed by atoms with van der Waals surface area (Å²) >= 11 is 1.15. The van der Waals surface area contributed by atoms with Gasteiger partial charge in [-0.15, -0.1) is 0 Å². The van der Waals surface area contributed by atoms with E-state index in [9.17, 15) is 13.2 Å². The van der Waals surface area contributed by atoms with E-state index in [1.807, 2.05) is 4.90 Å². The number of nitrogens with zero attached hydrogens (tertiary/aromatic N) is 3. The molecule has 2 aromatic rings. The van der Waals surface area contributed by atoms with Gasteiger partial charge in [0.2, 0.25) is 10.0 Å². The van der Waals surface area contributed by atoms with Crippen molar-refractivity contribution in [2.24, 2.45) is 0 Å². The lowest BCUT2D eigenvalue weighted by Crippen LogP contribution is -2.48. The van der Waals surface area contributed by atoms with E-state index in [4.69, 9.17) is 9.94 Å². The van der Waals surface area contributed by atoms with Gasteiger partial charge in [0, 0.05) is 32.6 Å². The van der Waals surface area contributed by atoms with E-state index in [1.54, 1.807) is 23.7 Å². The molecule has 1 aromatic heterocycles. The van der Waals surface area contributed by atoms with Crippen LogP contribution in [0, 0.1) is 0 Å². The predicted molar refractivity (Wildman–Crippen MR) is 98.0 cm³/mol. The molecule has 0 saturated carbocycles. The van der Waals surface area contributed by atoms with Gasteiger partial charge in [-0.1, -0.05) is 11.3 Å². The summed E-state index contributed by atoms with van der Waals surface area (Å²) in [5.74, 6) is 0.144. The summed E-state index contributed by atoms with van der Waals surface area (Å²) in [4.78, 5) is 18.1. The Hall–Kier alpha value is -2.21. The Bertz CT molecular complexity index is 967. The molecule has 2 N–H and O–H groups in total. The number of sulfonamides is 1. The smallest absolute Gasteiger partial charge is 0.286 e. The van der Waals surface area contributed by atoms with Crippen molar-refractivity contribution in [3.63, 3.8) is 0 Å². The van der Waals surface area contributed by atoms with Crippen LogP contribution in [0.4, 0.5) is 5.13 Å². The highest BCUT2D eigenvalue weighted by Gasteiger charge is 2.30. The molecule has 1 amide bonds. The average Bonchev–Trinajstić information content (AvgIpc) is 3.36. The van der Waals surface area contributed by atoms with Crippen molar-refractivity contribution >= 4 is 32.4 Å². The molecule has 2 aliphatic rings. The molecule has 27 heavy (non-hydrogen) atoms. The Morgan fingerprint density at radius 2 is 2.04 bits per heavy atom. The minimum atomic E-state index is -3.56. The summed E-state index contributed by atoms with van der Waals surface area (Å²) < 4.78 is 32.8. The SMILES string of the molecule is O=C(NO)c1cnc(N2CCN(S(=O)(=O)c3ccc4c(c3)CCO4)CC2)s1. The maximum absolute atomic E-state index is 12.9. The highest BCUT2D eigenvalue weighted by molar-refractivity contribution is 7.89. The number of amides is 1. The van der Waals surface area contributed by atoms with Crippen LogP contribution < -0.4 is 15.1 Å². The Balaban J connectivity index is 1.45. The molecule has 11 heteroatoms. The monoisotopic (exact) mass is 410 g/mol. The largest absolute Gasteiger partial charge is 0.493 e. The summed E-state index contributed by atoms with van der Waals surface area (Å²) in [6, 6.07) is 5.01. The van der Waals surface area contributed by atoms with Gasteiger partial charge in [-0.2, -0.15) is 4.31 Å². The highest BCUT2D eigenvalue weighted by Crippen LogP contribution is 2.30. The van der Waals surface area contributed by atoms with Crippen molar-refractivity contribution in [3.8, 4) is 5.75 Å². The predicted octanol–water partition coefficient (Wildman–Crippen LogP) is 0.708. The number of ether oxygens (including phenoxy) is 1. The average molecular weight is 410 g/mol. The second-order valence-corrected chi connectivity index (χ2v) is 9.15. The van der Waals surface area contributed by atoms with Crippen molar-refractivity contribution in [2.75, 3.05) is 37.7 Å². The third kappa shape index (κ3) is 3.38. The van der Waals surface area contributed by atoms with Crippen LogP contribution in [0.3, 0.4) is 0 Å². The first-order valence-electron chi connectivity index (χ1n) is 8.40. The van der Waals surface area contributed by atoms with Gasteiger partial charge in [-0.3, -0.25) is 10.0 Å². The molecule has 9 nitrogen and oxygen atoms in total. The molecule has 144 valence electrons. The quantitative estimate of drug-likeness (QED) is 0.564. The van der Waals surface area contributed by atoms with Gasteiger partial charge in [0.25, 0.3) is 5.91 Å². The van der Waals surface area contributed by atoms with Crippen molar-refractivity contribution < 1.29 is 23.2 Å². The molecule has 1 aromatic carbocycles. The van der Waals surface area contributed by atoms with E-state index in [0.717, 1.165) is 29.1 Å². The molecule has 4 rings (SSSR count). The van der Waals surface area contributed by atoms with E-state index in [1.165, 1.54) is 10.5 Å². The summed E-state index contributed by atoms with van der Waals surface area (Å²) in [5, 5.41) is 9.31. The number of thiazole rings is 1. The Kier molecular flexibility index (Phi) is 4.76. The summed E-state index contributed by atoms with van der Waals surface area (Å²) in [6.45, 7) is 2.19. The molecule has 1 saturated heterocycles. The van der Waals surface area contributed by atoms with Crippen LogP contribution >= 0.6 is 11.3 Å². The number of hydrogen-bond donors (Lipinski definition) is 2. The molecule has 0 unspecified atom stereocenters. The van der Waals surface area contributed by atoms with Crippen LogP contribution in [0.5, 0.6) is 5.75 Å². The fourth-order valence-electron chi connectivity index (χ4n) is 3.16.